The third-order valence-electron chi connectivity index (χ3n) is 1.65. The molecule has 9 heteroatoms. The van der Waals surface area contributed by atoms with Gasteiger partial charge >= 0.3 is 12.1 Å². The van der Waals surface area contributed by atoms with Gasteiger partial charge in [0, 0.05) is 19.5 Å². The summed E-state index contributed by atoms with van der Waals surface area (Å²) >= 11 is 0. The molecule has 0 rings (SSSR count). The van der Waals surface area contributed by atoms with Gasteiger partial charge in [-0.25, -0.2) is 0 Å². The number of carbonyl (C=O) groups excluding carboxylic acids is 2. The average Bonchev–Trinajstić information content (AvgIpc) is 2.16. The molecule has 0 saturated carbocycles. The number of hydrogen-bond acceptors (Lipinski definition) is 2. The highest BCUT2D eigenvalue weighted by Gasteiger charge is 2.63. The van der Waals surface area contributed by atoms with E-state index in [1.54, 1.807) is 6.92 Å². The molecule has 0 radical (unpaired) electrons. The quantitative estimate of drug-likeness (QED) is 0.721. The van der Waals surface area contributed by atoms with Crippen molar-refractivity contribution in [3.8, 4) is 0 Å². The van der Waals surface area contributed by atoms with Crippen molar-refractivity contribution in [3.05, 3.63) is 0 Å². The topological polar surface area (TPSA) is 58.2 Å². The van der Waals surface area contributed by atoms with Crippen LogP contribution >= 0.6 is 0 Å². The molecule has 0 aliphatic carbocycles. The summed E-state index contributed by atoms with van der Waals surface area (Å²) in [4.78, 5) is 21.3. The highest BCUT2D eigenvalue weighted by Crippen LogP contribution is 2.35. The predicted octanol–water partition coefficient (Wildman–Crippen LogP) is 0.826. The van der Waals surface area contributed by atoms with Crippen LogP contribution < -0.4 is 10.6 Å². The number of nitrogens with one attached hydrogen (secondary N) is 2. The molecule has 0 aliphatic rings. The van der Waals surface area contributed by atoms with Crippen molar-refractivity contribution < 1.29 is 31.5 Å². The molecule has 2 N–H and O–H groups in total. The second-order valence-electron chi connectivity index (χ2n) is 3.03. The standard InChI is InChI=1S/C8H11F5N2O2/c1-2-14-5(16)3-4-15-6(17)7(9,10)8(11,12)13/h2-4H2,1H3,(H,14,16)(H,15,17). The minimum absolute atomic E-state index is 0.297. The number of amides is 2. The zero-order valence-electron chi connectivity index (χ0n) is 8.83. The molecule has 0 aliphatic heterocycles. The summed E-state index contributed by atoms with van der Waals surface area (Å²) in [6.07, 6.45) is -6.31. The molecule has 0 aromatic rings. The van der Waals surface area contributed by atoms with Crippen molar-refractivity contribution in [2.24, 2.45) is 0 Å². The van der Waals surface area contributed by atoms with E-state index in [1.807, 2.05) is 0 Å². The van der Waals surface area contributed by atoms with Crippen LogP contribution in [0.2, 0.25) is 0 Å². The van der Waals surface area contributed by atoms with E-state index in [-0.39, 0.29) is 6.42 Å². The summed E-state index contributed by atoms with van der Waals surface area (Å²) in [5, 5.41) is 3.64. The second-order valence-corrected chi connectivity index (χ2v) is 3.03. The molecule has 0 atom stereocenters. The lowest BCUT2D eigenvalue weighted by atomic mass is 10.3. The number of alkyl halides is 5. The van der Waals surface area contributed by atoms with Gasteiger partial charge in [-0.05, 0) is 6.92 Å². The van der Waals surface area contributed by atoms with Crippen LogP contribution in [0.15, 0.2) is 0 Å². The molecule has 0 fully saturated rings. The first-order chi connectivity index (χ1) is 7.63. The third-order valence-corrected chi connectivity index (χ3v) is 1.65. The van der Waals surface area contributed by atoms with Gasteiger partial charge in [0.2, 0.25) is 5.91 Å². The highest BCUT2D eigenvalue weighted by atomic mass is 19.4. The van der Waals surface area contributed by atoms with Crippen LogP contribution in [0, 0.1) is 0 Å². The summed E-state index contributed by atoms with van der Waals surface area (Å²) in [6, 6.07) is 0. The van der Waals surface area contributed by atoms with Crippen LogP contribution in [0.5, 0.6) is 0 Å². The summed E-state index contributed by atoms with van der Waals surface area (Å²) in [5.41, 5.74) is 0. The van der Waals surface area contributed by atoms with Gasteiger partial charge in [0.15, 0.2) is 0 Å². The maximum absolute atomic E-state index is 12.4. The summed E-state index contributed by atoms with van der Waals surface area (Å²) in [6.45, 7) is 1.32. The normalized spacial score (nSPS) is 12.1. The Morgan fingerprint density at radius 1 is 1.06 bits per heavy atom. The summed E-state index contributed by atoms with van der Waals surface area (Å²) < 4.78 is 59.8. The Bertz CT molecular complexity index is 290. The van der Waals surface area contributed by atoms with Gasteiger partial charge < -0.3 is 10.6 Å². The van der Waals surface area contributed by atoms with E-state index in [0.717, 1.165) is 0 Å². The van der Waals surface area contributed by atoms with Crippen LogP contribution in [-0.4, -0.2) is 37.0 Å². The van der Waals surface area contributed by atoms with Gasteiger partial charge in [0.1, 0.15) is 0 Å². The molecule has 2 amide bonds. The van der Waals surface area contributed by atoms with Crippen LogP contribution in [-0.2, 0) is 9.59 Å². The summed E-state index contributed by atoms with van der Waals surface area (Å²) in [7, 11) is 0. The van der Waals surface area contributed by atoms with Crippen molar-refractivity contribution in [1.82, 2.24) is 10.6 Å². The number of carbonyl (C=O) groups is 2. The van der Waals surface area contributed by atoms with E-state index in [0.29, 0.717) is 6.54 Å². The Hall–Kier alpha value is -1.41. The molecule has 17 heavy (non-hydrogen) atoms. The van der Waals surface area contributed by atoms with E-state index >= 15 is 0 Å². The molecular weight excluding hydrogens is 251 g/mol. The first-order valence-electron chi connectivity index (χ1n) is 4.62. The largest absolute Gasteiger partial charge is 0.463 e. The Morgan fingerprint density at radius 3 is 2.00 bits per heavy atom. The maximum Gasteiger partial charge on any atom is 0.463 e. The smallest absolute Gasteiger partial charge is 0.356 e. The molecular formula is C8H11F5N2O2. The van der Waals surface area contributed by atoms with E-state index in [9.17, 15) is 31.5 Å². The lowest BCUT2D eigenvalue weighted by molar-refractivity contribution is -0.269. The zero-order valence-corrected chi connectivity index (χ0v) is 8.83. The van der Waals surface area contributed by atoms with E-state index in [1.165, 1.54) is 5.32 Å². The fraction of sp³-hybridized carbons (Fsp3) is 0.750. The minimum Gasteiger partial charge on any atom is -0.356 e. The number of halogens is 5. The van der Waals surface area contributed by atoms with E-state index in [4.69, 9.17) is 0 Å². The van der Waals surface area contributed by atoms with E-state index < -0.39 is 30.5 Å². The van der Waals surface area contributed by atoms with Gasteiger partial charge in [-0.3, -0.25) is 9.59 Å². The van der Waals surface area contributed by atoms with Crippen molar-refractivity contribution in [3.63, 3.8) is 0 Å². The Kier molecular flexibility index (Phi) is 5.30. The molecule has 0 unspecified atom stereocenters. The lowest BCUT2D eigenvalue weighted by Gasteiger charge is -2.18. The van der Waals surface area contributed by atoms with Crippen LogP contribution in [0.3, 0.4) is 0 Å². The van der Waals surface area contributed by atoms with Crippen LogP contribution in [0.25, 0.3) is 0 Å². The molecule has 0 aromatic carbocycles. The number of hydrogen-bond donors (Lipinski definition) is 2. The SMILES string of the molecule is CCNC(=O)CCNC(=O)C(F)(F)C(F)(F)F. The van der Waals surface area contributed by atoms with Crippen molar-refractivity contribution in [2.45, 2.75) is 25.4 Å². The molecule has 4 nitrogen and oxygen atoms in total. The lowest BCUT2D eigenvalue weighted by Crippen LogP contribution is -2.50. The first-order valence-corrected chi connectivity index (χ1v) is 4.62. The van der Waals surface area contributed by atoms with Gasteiger partial charge in [-0.1, -0.05) is 0 Å². The second kappa shape index (κ2) is 5.78. The van der Waals surface area contributed by atoms with Gasteiger partial charge in [0.05, 0.1) is 0 Å². The Balaban J connectivity index is 4.16. The predicted molar refractivity (Wildman–Crippen MR) is 47.3 cm³/mol. The van der Waals surface area contributed by atoms with Gasteiger partial charge in [-0.15, -0.1) is 0 Å². The van der Waals surface area contributed by atoms with Crippen LogP contribution in [0.1, 0.15) is 13.3 Å². The van der Waals surface area contributed by atoms with Crippen molar-refractivity contribution >= 4 is 11.8 Å². The monoisotopic (exact) mass is 262 g/mol. The fourth-order valence-corrected chi connectivity index (χ4v) is 0.815. The minimum atomic E-state index is -5.94. The first kappa shape index (κ1) is 15.6. The van der Waals surface area contributed by atoms with Crippen LogP contribution in [0.4, 0.5) is 22.0 Å². The van der Waals surface area contributed by atoms with Crippen molar-refractivity contribution in [2.75, 3.05) is 13.1 Å². The van der Waals surface area contributed by atoms with E-state index in [2.05, 4.69) is 5.32 Å². The molecule has 0 spiro atoms. The highest BCUT2D eigenvalue weighted by molar-refractivity contribution is 5.85. The Labute approximate surface area is 93.5 Å². The molecule has 100 valence electrons. The summed E-state index contributed by atoms with van der Waals surface area (Å²) in [5.74, 6) is -8.47. The van der Waals surface area contributed by atoms with Crippen molar-refractivity contribution in [1.29, 1.82) is 0 Å². The Morgan fingerprint density at radius 2 is 1.59 bits per heavy atom. The zero-order chi connectivity index (χ0) is 13.7. The number of rotatable bonds is 5. The maximum atomic E-state index is 12.4. The van der Waals surface area contributed by atoms with Gasteiger partial charge in [-0.2, -0.15) is 22.0 Å². The van der Waals surface area contributed by atoms with Gasteiger partial charge in [0.25, 0.3) is 5.91 Å². The molecule has 0 bridgehead atoms. The fourth-order valence-electron chi connectivity index (χ4n) is 0.815. The molecule has 0 saturated heterocycles. The molecule has 0 heterocycles. The average molecular weight is 262 g/mol. The molecule has 0 aromatic heterocycles. The third kappa shape index (κ3) is 4.53.